The van der Waals surface area contributed by atoms with Gasteiger partial charge in [0, 0.05) is 16.6 Å². The molecule has 1 aromatic rings. The normalized spacial score (nSPS) is 28.7. The van der Waals surface area contributed by atoms with Crippen molar-refractivity contribution in [1.82, 2.24) is 5.32 Å². The summed E-state index contributed by atoms with van der Waals surface area (Å²) in [6, 6.07) is 8.64. The van der Waals surface area contributed by atoms with Crippen LogP contribution in [0.3, 0.4) is 0 Å². The fourth-order valence-electron chi connectivity index (χ4n) is 3.44. The molecule has 0 bridgehead atoms. The summed E-state index contributed by atoms with van der Waals surface area (Å²) in [4.78, 5) is 13.8. The topological polar surface area (TPSA) is 55.1 Å². The second-order valence-corrected chi connectivity index (χ2v) is 7.33. The Morgan fingerprint density at radius 3 is 2.71 bits per heavy atom. The average molecular weight is 304 g/mol. The highest BCUT2D eigenvalue weighted by molar-refractivity contribution is 7.99. The smallest absolute Gasteiger partial charge is 0.223 e. The molecule has 1 saturated carbocycles. The molecule has 1 heterocycles. The molecular formula is C17H24N2OS. The second-order valence-electron chi connectivity index (χ2n) is 6.19. The first kappa shape index (κ1) is 14.9. The number of carbonyl (C=O) groups excluding carboxylic acids is 1. The zero-order chi connectivity index (χ0) is 14.7. The molecule has 114 valence electrons. The molecule has 1 aliphatic heterocycles. The van der Waals surface area contributed by atoms with Gasteiger partial charge in [0.15, 0.2) is 0 Å². The third-order valence-corrected chi connectivity index (χ3v) is 5.95. The van der Waals surface area contributed by atoms with Crippen molar-refractivity contribution in [2.45, 2.75) is 43.0 Å². The number of carbonyl (C=O) groups is 1. The van der Waals surface area contributed by atoms with E-state index in [-0.39, 0.29) is 17.9 Å². The van der Waals surface area contributed by atoms with Gasteiger partial charge in [-0.3, -0.25) is 4.79 Å². The Bertz CT molecular complexity index is 497. The fraction of sp³-hybridized carbons (Fsp3) is 0.588. The predicted molar refractivity (Wildman–Crippen MR) is 87.2 cm³/mol. The summed E-state index contributed by atoms with van der Waals surface area (Å²) in [6.45, 7) is 0.765. The Balaban J connectivity index is 1.61. The minimum atomic E-state index is 0.189. The van der Waals surface area contributed by atoms with E-state index in [1.165, 1.54) is 10.5 Å². The molecule has 0 aromatic heterocycles. The summed E-state index contributed by atoms with van der Waals surface area (Å²) in [7, 11) is 0. The van der Waals surface area contributed by atoms with Crippen LogP contribution in [0.2, 0.25) is 0 Å². The number of rotatable bonds is 3. The SMILES string of the molecule is NCC1CCC(C(=O)NC2CCSc3ccccc32)CC1. The first-order chi connectivity index (χ1) is 10.3. The van der Waals surface area contributed by atoms with Crippen molar-refractivity contribution in [2.75, 3.05) is 12.3 Å². The second kappa shape index (κ2) is 6.84. The van der Waals surface area contributed by atoms with Crippen LogP contribution in [0.1, 0.15) is 43.7 Å². The lowest BCUT2D eigenvalue weighted by atomic mass is 9.81. The molecule has 21 heavy (non-hydrogen) atoms. The average Bonchev–Trinajstić information content (AvgIpc) is 2.55. The first-order valence-electron chi connectivity index (χ1n) is 8.00. The molecular weight excluding hydrogens is 280 g/mol. The Morgan fingerprint density at radius 2 is 1.95 bits per heavy atom. The van der Waals surface area contributed by atoms with Gasteiger partial charge in [0.2, 0.25) is 5.91 Å². The third kappa shape index (κ3) is 3.43. The Hall–Kier alpha value is -1.00. The predicted octanol–water partition coefficient (Wildman–Crippen LogP) is 3.10. The van der Waals surface area contributed by atoms with Crippen molar-refractivity contribution in [3.8, 4) is 0 Å². The van der Waals surface area contributed by atoms with Crippen molar-refractivity contribution in [3.63, 3.8) is 0 Å². The largest absolute Gasteiger partial charge is 0.349 e. The van der Waals surface area contributed by atoms with Gasteiger partial charge in [-0.05, 0) is 56.2 Å². The fourth-order valence-corrected chi connectivity index (χ4v) is 4.57. The van der Waals surface area contributed by atoms with Crippen LogP contribution in [-0.4, -0.2) is 18.2 Å². The zero-order valence-corrected chi connectivity index (χ0v) is 13.2. The maximum absolute atomic E-state index is 12.5. The van der Waals surface area contributed by atoms with Crippen LogP contribution < -0.4 is 11.1 Å². The van der Waals surface area contributed by atoms with Gasteiger partial charge in [-0.25, -0.2) is 0 Å². The number of hydrogen-bond donors (Lipinski definition) is 2. The summed E-state index contributed by atoms with van der Waals surface area (Å²) in [5.41, 5.74) is 7.01. The molecule has 0 saturated heterocycles. The van der Waals surface area contributed by atoms with E-state index in [1.807, 2.05) is 11.8 Å². The molecule has 3 nitrogen and oxygen atoms in total. The number of thioether (sulfide) groups is 1. The maximum atomic E-state index is 12.5. The Labute approximate surface area is 131 Å². The van der Waals surface area contributed by atoms with Crippen LogP contribution in [0.5, 0.6) is 0 Å². The molecule has 4 heteroatoms. The van der Waals surface area contributed by atoms with E-state index in [4.69, 9.17) is 5.73 Å². The lowest BCUT2D eigenvalue weighted by Gasteiger charge is -2.30. The van der Waals surface area contributed by atoms with Gasteiger partial charge in [-0.15, -0.1) is 11.8 Å². The molecule has 1 amide bonds. The molecule has 1 aromatic carbocycles. The lowest BCUT2D eigenvalue weighted by Crippen LogP contribution is -2.37. The van der Waals surface area contributed by atoms with Crippen molar-refractivity contribution in [3.05, 3.63) is 29.8 Å². The van der Waals surface area contributed by atoms with Gasteiger partial charge in [0.05, 0.1) is 6.04 Å². The van der Waals surface area contributed by atoms with E-state index < -0.39 is 0 Å². The van der Waals surface area contributed by atoms with Crippen LogP contribution >= 0.6 is 11.8 Å². The molecule has 1 aliphatic carbocycles. The summed E-state index contributed by atoms with van der Waals surface area (Å²) in [5, 5.41) is 3.29. The molecule has 1 atom stereocenters. The molecule has 2 aliphatic rings. The number of nitrogens with two attached hydrogens (primary N) is 1. The molecule has 3 N–H and O–H groups in total. The zero-order valence-electron chi connectivity index (χ0n) is 12.4. The monoisotopic (exact) mass is 304 g/mol. The number of fused-ring (bicyclic) bond motifs is 1. The number of amides is 1. The summed E-state index contributed by atoms with van der Waals surface area (Å²) in [6.07, 6.45) is 5.23. The maximum Gasteiger partial charge on any atom is 0.223 e. The minimum Gasteiger partial charge on any atom is -0.349 e. The van der Waals surface area contributed by atoms with Gasteiger partial charge in [-0.1, -0.05) is 18.2 Å². The van der Waals surface area contributed by atoms with Crippen LogP contribution in [0.4, 0.5) is 0 Å². The van der Waals surface area contributed by atoms with Gasteiger partial charge < -0.3 is 11.1 Å². The quantitative estimate of drug-likeness (QED) is 0.902. The summed E-state index contributed by atoms with van der Waals surface area (Å²) >= 11 is 1.89. The van der Waals surface area contributed by atoms with Gasteiger partial charge in [0.25, 0.3) is 0 Å². The molecule has 0 spiro atoms. The minimum absolute atomic E-state index is 0.189. The highest BCUT2D eigenvalue weighted by atomic mass is 32.2. The Morgan fingerprint density at radius 1 is 1.19 bits per heavy atom. The highest BCUT2D eigenvalue weighted by Crippen LogP contribution is 2.36. The standard InChI is InChI=1S/C17H24N2OS/c18-11-12-5-7-13(8-6-12)17(20)19-15-9-10-21-16-4-2-1-3-14(15)16/h1-4,12-13,15H,5-11,18H2,(H,19,20). The number of nitrogens with one attached hydrogen (secondary N) is 1. The van der Waals surface area contributed by atoms with E-state index in [2.05, 4.69) is 29.6 Å². The van der Waals surface area contributed by atoms with E-state index in [0.717, 1.165) is 44.4 Å². The highest BCUT2D eigenvalue weighted by Gasteiger charge is 2.28. The molecule has 1 unspecified atom stereocenters. The number of hydrogen-bond acceptors (Lipinski definition) is 3. The van der Waals surface area contributed by atoms with Gasteiger partial charge >= 0.3 is 0 Å². The van der Waals surface area contributed by atoms with Crippen molar-refractivity contribution in [2.24, 2.45) is 17.6 Å². The van der Waals surface area contributed by atoms with Crippen LogP contribution in [-0.2, 0) is 4.79 Å². The molecule has 3 rings (SSSR count). The van der Waals surface area contributed by atoms with Crippen LogP contribution in [0.15, 0.2) is 29.2 Å². The van der Waals surface area contributed by atoms with Crippen LogP contribution in [0.25, 0.3) is 0 Å². The third-order valence-electron chi connectivity index (χ3n) is 4.83. The summed E-state index contributed by atoms with van der Waals surface area (Å²) in [5.74, 6) is 2.15. The van der Waals surface area contributed by atoms with Crippen LogP contribution in [0, 0.1) is 11.8 Å². The summed E-state index contributed by atoms with van der Waals surface area (Å²) < 4.78 is 0. The molecule has 0 radical (unpaired) electrons. The lowest BCUT2D eigenvalue weighted by molar-refractivity contribution is -0.127. The van der Waals surface area contributed by atoms with E-state index in [9.17, 15) is 4.79 Å². The Kier molecular flexibility index (Phi) is 4.86. The van der Waals surface area contributed by atoms with Crippen molar-refractivity contribution >= 4 is 17.7 Å². The van der Waals surface area contributed by atoms with E-state index >= 15 is 0 Å². The van der Waals surface area contributed by atoms with Crippen molar-refractivity contribution < 1.29 is 4.79 Å². The van der Waals surface area contributed by atoms with E-state index in [1.54, 1.807) is 0 Å². The van der Waals surface area contributed by atoms with Gasteiger partial charge in [-0.2, -0.15) is 0 Å². The van der Waals surface area contributed by atoms with E-state index in [0.29, 0.717) is 5.92 Å². The molecule has 1 fully saturated rings. The van der Waals surface area contributed by atoms with Gasteiger partial charge in [0.1, 0.15) is 0 Å². The van der Waals surface area contributed by atoms with Crippen molar-refractivity contribution in [1.29, 1.82) is 0 Å². The first-order valence-corrected chi connectivity index (χ1v) is 8.98. The number of benzene rings is 1.